The maximum Gasteiger partial charge on any atom is 0.253 e. The van der Waals surface area contributed by atoms with Gasteiger partial charge in [-0.1, -0.05) is 30.3 Å². The topological polar surface area (TPSA) is 63.6 Å². The minimum atomic E-state index is -0.194. The number of aryl methyl sites for hydroxylation is 2. The predicted molar refractivity (Wildman–Crippen MR) is 108 cm³/mol. The van der Waals surface area contributed by atoms with E-state index in [9.17, 15) is 4.79 Å². The zero-order valence-corrected chi connectivity index (χ0v) is 15.8. The zero-order valence-electron chi connectivity index (χ0n) is 15.0. The Kier molecular flexibility index (Phi) is 4.74. The van der Waals surface area contributed by atoms with Crippen LogP contribution in [0.2, 0.25) is 5.02 Å². The fraction of sp³-hybridized carbons (Fsp3) is 0.200. The molecule has 0 saturated carbocycles. The van der Waals surface area contributed by atoms with E-state index in [4.69, 9.17) is 17.3 Å². The van der Waals surface area contributed by atoms with Crippen molar-refractivity contribution in [3.63, 3.8) is 0 Å². The molecule has 1 aliphatic rings. The van der Waals surface area contributed by atoms with Crippen LogP contribution in [0.3, 0.4) is 0 Å². The van der Waals surface area contributed by atoms with Crippen LogP contribution >= 0.6 is 11.6 Å². The Morgan fingerprint density at radius 3 is 2.54 bits per heavy atom. The molecule has 0 bridgehead atoms. The quantitative estimate of drug-likeness (QED) is 0.845. The van der Waals surface area contributed by atoms with E-state index in [1.54, 1.807) is 38.0 Å². The minimum absolute atomic E-state index is 0.0297. The smallest absolute Gasteiger partial charge is 0.253 e. The van der Waals surface area contributed by atoms with Crippen LogP contribution in [0.1, 0.15) is 17.2 Å². The molecule has 0 radical (unpaired) electrons. The van der Waals surface area contributed by atoms with E-state index in [2.05, 4.69) is 11.6 Å². The van der Waals surface area contributed by atoms with Crippen LogP contribution in [0.15, 0.2) is 69.9 Å². The average Bonchev–Trinajstić information content (AvgIpc) is 2.85. The van der Waals surface area contributed by atoms with E-state index < -0.39 is 0 Å². The molecule has 1 aromatic carbocycles. The second-order valence-electron chi connectivity index (χ2n) is 6.32. The van der Waals surface area contributed by atoms with Gasteiger partial charge in [0.25, 0.3) is 5.56 Å². The number of aromatic nitrogens is 1. The maximum absolute atomic E-state index is 12.1. The summed E-state index contributed by atoms with van der Waals surface area (Å²) in [5.41, 5.74) is 11.0. The second kappa shape index (κ2) is 6.84. The van der Waals surface area contributed by atoms with Gasteiger partial charge in [0.1, 0.15) is 0 Å². The van der Waals surface area contributed by atoms with Crippen LogP contribution in [0, 0.1) is 6.92 Å². The van der Waals surface area contributed by atoms with Crippen LogP contribution in [0.5, 0.6) is 0 Å². The molecule has 1 aromatic heterocycles. The lowest BCUT2D eigenvalue weighted by atomic mass is 9.99. The van der Waals surface area contributed by atoms with Gasteiger partial charge in [-0.2, -0.15) is 0 Å². The molecule has 1 aliphatic heterocycles. The van der Waals surface area contributed by atoms with Crippen molar-refractivity contribution in [2.75, 3.05) is 11.9 Å². The number of anilines is 1. The lowest BCUT2D eigenvalue weighted by Crippen LogP contribution is -2.27. The van der Waals surface area contributed by atoms with Gasteiger partial charge in [-0.05, 0) is 30.7 Å². The standard InChI is InChI=1S/C20H21ClN4O/c1-12-9-16(11-24(4)20(12)26)25-13(2)18(22)17(10-23-3)19(25)14-5-7-15(21)8-6-14/h5-11,19H,2,22H2,1,3-4H3. The molecular formula is C20H21ClN4O. The summed E-state index contributed by atoms with van der Waals surface area (Å²) in [5.74, 6) is 0. The lowest BCUT2D eigenvalue weighted by Gasteiger charge is -2.30. The van der Waals surface area contributed by atoms with Gasteiger partial charge in [-0.15, -0.1) is 0 Å². The summed E-state index contributed by atoms with van der Waals surface area (Å²) in [6.45, 7) is 5.97. The summed E-state index contributed by atoms with van der Waals surface area (Å²) in [7, 11) is 3.45. The predicted octanol–water partition coefficient (Wildman–Crippen LogP) is 3.34. The third kappa shape index (κ3) is 2.95. The van der Waals surface area contributed by atoms with Crippen LogP contribution in [-0.2, 0) is 7.05 Å². The third-order valence-corrected chi connectivity index (χ3v) is 4.80. The van der Waals surface area contributed by atoms with Crippen molar-refractivity contribution in [3.05, 3.63) is 86.6 Å². The fourth-order valence-corrected chi connectivity index (χ4v) is 3.41. The van der Waals surface area contributed by atoms with Crippen molar-refractivity contribution in [3.8, 4) is 0 Å². The number of halogens is 1. The molecule has 0 saturated heterocycles. The van der Waals surface area contributed by atoms with Gasteiger partial charge in [-0.25, -0.2) is 0 Å². The molecule has 0 spiro atoms. The molecular weight excluding hydrogens is 348 g/mol. The van der Waals surface area contributed by atoms with Crippen LogP contribution in [0.25, 0.3) is 0 Å². The summed E-state index contributed by atoms with van der Waals surface area (Å²) < 4.78 is 1.57. The van der Waals surface area contributed by atoms with Gasteiger partial charge in [0.2, 0.25) is 0 Å². The summed E-state index contributed by atoms with van der Waals surface area (Å²) in [5, 5.41) is 0.665. The molecule has 0 amide bonds. The first-order valence-corrected chi connectivity index (χ1v) is 8.56. The van der Waals surface area contributed by atoms with Gasteiger partial charge in [0.05, 0.1) is 23.1 Å². The first-order chi connectivity index (χ1) is 12.3. The highest BCUT2D eigenvalue weighted by atomic mass is 35.5. The second-order valence-corrected chi connectivity index (χ2v) is 6.76. The van der Waals surface area contributed by atoms with Crippen molar-refractivity contribution >= 4 is 23.5 Å². The van der Waals surface area contributed by atoms with Gasteiger partial charge < -0.3 is 15.2 Å². The third-order valence-electron chi connectivity index (χ3n) is 4.55. The van der Waals surface area contributed by atoms with Crippen LogP contribution < -0.4 is 16.2 Å². The van der Waals surface area contributed by atoms with E-state index in [-0.39, 0.29) is 11.6 Å². The summed E-state index contributed by atoms with van der Waals surface area (Å²) in [6.07, 6.45) is 3.55. The van der Waals surface area contributed by atoms with E-state index in [1.807, 2.05) is 35.2 Å². The molecule has 0 fully saturated rings. The number of hydrogen-bond acceptors (Lipinski definition) is 4. The van der Waals surface area contributed by atoms with Crippen molar-refractivity contribution < 1.29 is 0 Å². The molecule has 0 aliphatic carbocycles. The Labute approximate surface area is 157 Å². The average molecular weight is 369 g/mol. The molecule has 3 rings (SSSR count). The van der Waals surface area contributed by atoms with Crippen molar-refractivity contribution in [1.82, 2.24) is 4.57 Å². The molecule has 1 unspecified atom stereocenters. The van der Waals surface area contributed by atoms with E-state index in [0.717, 1.165) is 16.8 Å². The fourth-order valence-electron chi connectivity index (χ4n) is 3.28. The molecule has 26 heavy (non-hydrogen) atoms. The normalized spacial score (nSPS) is 17.6. The number of pyridine rings is 1. The Balaban J connectivity index is 2.21. The zero-order chi connectivity index (χ0) is 19.0. The first-order valence-electron chi connectivity index (χ1n) is 8.18. The van der Waals surface area contributed by atoms with Gasteiger partial charge in [-0.3, -0.25) is 9.79 Å². The first kappa shape index (κ1) is 18.0. The Morgan fingerprint density at radius 1 is 1.31 bits per heavy atom. The molecule has 6 heteroatoms. The van der Waals surface area contributed by atoms with Crippen LogP contribution in [-0.4, -0.2) is 17.8 Å². The molecule has 134 valence electrons. The number of nitrogens with two attached hydrogens (primary N) is 1. The number of rotatable bonds is 3. The Hall–Kier alpha value is -2.79. The summed E-state index contributed by atoms with van der Waals surface area (Å²) in [4.78, 5) is 18.3. The van der Waals surface area contributed by atoms with Crippen LogP contribution in [0.4, 0.5) is 5.69 Å². The highest BCUT2D eigenvalue weighted by Crippen LogP contribution is 2.43. The lowest BCUT2D eigenvalue weighted by molar-refractivity contribution is 0.802. The number of benzene rings is 1. The largest absolute Gasteiger partial charge is 0.397 e. The molecule has 2 aromatic rings. The number of aliphatic imine (C=N–C) groups is 1. The molecule has 2 N–H and O–H groups in total. The summed E-state index contributed by atoms with van der Waals surface area (Å²) >= 11 is 6.05. The highest BCUT2D eigenvalue weighted by molar-refractivity contribution is 6.30. The Morgan fingerprint density at radius 2 is 1.96 bits per heavy atom. The molecule has 1 atom stereocenters. The number of nitrogens with zero attached hydrogens (tertiary/aromatic N) is 3. The van der Waals surface area contributed by atoms with Crippen molar-refractivity contribution in [2.45, 2.75) is 13.0 Å². The van der Waals surface area contributed by atoms with Gasteiger partial charge in [0.15, 0.2) is 0 Å². The molecule has 5 nitrogen and oxygen atoms in total. The van der Waals surface area contributed by atoms with E-state index >= 15 is 0 Å². The van der Waals surface area contributed by atoms with Crippen molar-refractivity contribution in [1.29, 1.82) is 0 Å². The van der Waals surface area contributed by atoms with Crippen molar-refractivity contribution in [2.24, 2.45) is 17.8 Å². The maximum atomic E-state index is 12.1. The van der Waals surface area contributed by atoms with Gasteiger partial charge in [0, 0.05) is 42.7 Å². The Bertz CT molecular complexity index is 960. The minimum Gasteiger partial charge on any atom is -0.397 e. The van der Waals surface area contributed by atoms with E-state index in [0.29, 0.717) is 22.0 Å². The van der Waals surface area contributed by atoms with Gasteiger partial charge >= 0.3 is 0 Å². The summed E-state index contributed by atoms with van der Waals surface area (Å²) in [6, 6.07) is 9.28. The molecule has 2 heterocycles. The monoisotopic (exact) mass is 368 g/mol. The SMILES string of the molecule is C=C1C(N)=C(C=NC)C(c2ccc(Cl)cc2)N1c1cc(C)c(=O)n(C)c1. The van der Waals surface area contributed by atoms with E-state index in [1.165, 1.54) is 0 Å². The number of hydrogen-bond donors (Lipinski definition) is 1. The highest BCUT2D eigenvalue weighted by Gasteiger charge is 2.35.